The van der Waals surface area contributed by atoms with Gasteiger partial charge in [0.05, 0.1) is 5.69 Å². The minimum absolute atomic E-state index is 0. The number of rotatable bonds is 2. The highest BCUT2D eigenvalue weighted by Crippen LogP contribution is 2.09. The van der Waals surface area contributed by atoms with E-state index in [4.69, 9.17) is 4.52 Å². The molecule has 2 atom stereocenters. The van der Waals surface area contributed by atoms with Gasteiger partial charge in [0, 0.05) is 18.2 Å². The smallest absolute Gasteiger partial charge is 0.290 e. The van der Waals surface area contributed by atoms with Gasteiger partial charge in [-0.25, -0.2) is 0 Å². The van der Waals surface area contributed by atoms with E-state index in [1.165, 1.54) is 0 Å². The molecule has 2 heterocycles. The van der Waals surface area contributed by atoms with Gasteiger partial charge in [-0.1, -0.05) is 5.16 Å². The Kier molecular flexibility index (Phi) is 4.96. The lowest BCUT2D eigenvalue weighted by molar-refractivity contribution is 0.0888. The largest absolute Gasteiger partial charge is 0.351 e. The zero-order valence-electron chi connectivity index (χ0n) is 10.0. The molecule has 0 bridgehead atoms. The van der Waals surface area contributed by atoms with Crippen LogP contribution in [0.1, 0.15) is 36.0 Å². The summed E-state index contributed by atoms with van der Waals surface area (Å²) in [5.74, 6) is 0.128. The summed E-state index contributed by atoms with van der Waals surface area (Å²) in [4.78, 5) is 11.8. The van der Waals surface area contributed by atoms with E-state index in [0.29, 0.717) is 11.8 Å². The third kappa shape index (κ3) is 3.71. The van der Waals surface area contributed by atoms with Crippen molar-refractivity contribution in [2.24, 2.45) is 0 Å². The Morgan fingerprint density at radius 2 is 2.41 bits per heavy atom. The van der Waals surface area contributed by atoms with E-state index in [-0.39, 0.29) is 24.4 Å². The van der Waals surface area contributed by atoms with Crippen molar-refractivity contribution in [1.29, 1.82) is 0 Å². The molecule has 1 aromatic heterocycles. The number of amides is 1. The molecule has 5 nitrogen and oxygen atoms in total. The van der Waals surface area contributed by atoms with Crippen molar-refractivity contribution >= 4 is 18.3 Å². The van der Waals surface area contributed by atoms with E-state index in [1.54, 1.807) is 13.0 Å². The van der Waals surface area contributed by atoms with E-state index < -0.39 is 0 Å². The minimum Gasteiger partial charge on any atom is -0.351 e. The van der Waals surface area contributed by atoms with E-state index in [0.717, 1.165) is 25.1 Å². The second kappa shape index (κ2) is 6.02. The number of carbonyl (C=O) groups is 1. The van der Waals surface area contributed by atoms with Crippen molar-refractivity contribution in [3.05, 3.63) is 17.5 Å². The summed E-state index contributed by atoms with van der Waals surface area (Å²) in [6.07, 6.45) is 1.92. The van der Waals surface area contributed by atoms with Crippen LogP contribution < -0.4 is 10.6 Å². The maximum Gasteiger partial charge on any atom is 0.290 e. The molecule has 2 N–H and O–H groups in total. The van der Waals surface area contributed by atoms with Crippen molar-refractivity contribution in [3.8, 4) is 0 Å². The van der Waals surface area contributed by atoms with Crippen LogP contribution in [0.25, 0.3) is 0 Å². The van der Waals surface area contributed by atoms with Crippen LogP contribution in [0.3, 0.4) is 0 Å². The fourth-order valence-electron chi connectivity index (χ4n) is 1.99. The average Bonchev–Trinajstić information content (AvgIpc) is 2.65. The van der Waals surface area contributed by atoms with Gasteiger partial charge < -0.3 is 15.2 Å². The molecule has 0 aliphatic carbocycles. The Morgan fingerprint density at radius 3 is 3.00 bits per heavy atom. The Morgan fingerprint density at radius 1 is 1.65 bits per heavy atom. The predicted octanol–water partition coefficient (Wildman–Crippen LogP) is 1.28. The van der Waals surface area contributed by atoms with Gasteiger partial charge >= 0.3 is 0 Å². The highest BCUT2D eigenvalue weighted by Gasteiger charge is 2.21. The van der Waals surface area contributed by atoms with Crippen LogP contribution in [0.5, 0.6) is 0 Å². The third-order valence-corrected chi connectivity index (χ3v) is 2.81. The van der Waals surface area contributed by atoms with Gasteiger partial charge in [-0.2, -0.15) is 0 Å². The van der Waals surface area contributed by atoms with Crippen LogP contribution in [0, 0.1) is 6.92 Å². The molecule has 96 valence electrons. The summed E-state index contributed by atoms with van der Waals surface area (Å²) < 4.78 is 4.92. The first-order valence-corrected chi connectivity index (χ1v) is 5.62. The quantitative estimate of drug-likeness (QED) is 0.840. The topological polar surface area (TPSA) is 67.2 Å². The highest BCUT2D eigenvalue weighted by molar-refractivity contribution is 5.91. The number of aromatic nitrogens is 1. The molecule has 0 saturated carbocycles. The second-order valence-corrected chi connectivity index (χ2v) is 4.38. The molecule has 17 heavy (non-hydrogen) atoms. The van der Waals surface area contributed by atoms with Gasteiger partial charge in [-0.15, -0.1) is 12.4 Å². The second-order valence-electron chi connectivity index (χ2n) is 4.38. The number of hydrogen-bond acceptors (Lipinski definition) is 4. The number of hydrogen-bond donors (Lipinski definition) is 2. The number of halogens is 1. The summed E-state index contributed by atoms with van der Waals surface area (Å²) in [7, 11) is 0. The third-order valence-electron chi connectivity index (χ3n) is 2.81. The van der Waals surface area contributed by atoms with Crippen molar-refractivity contribution in [2.75, 3.05) is 6.54 Å². The summed E-state index contributed by atoms with van der Waals surface area (Å²) in [6, 6.07) is 2.34. The maximum absolute atomic E-state index is 11.8. The first-order valence-electron chi connectivity index (χ1n) is 5.62. The fourth-order valence-corrected chi connectivity index (χ4v) is 1.99. The Hall–Kier alpha value is -1.07. The van der Waals surface area contributed by atoms with Gasteiger partial charge in [0.25, 0.3) is 5.91 Å². The maximum atomic E-state index is 11.8. The van der Waals surface area contributed by atoms with E-state index in [1.807, 2.05) is 0 Å². The summed E-state index contributed by atoms with van der Waals surface area (Å²) in [5.41, 5.74) is 0.726. The number of nitrogens with zero attached hydrogens (tertiary/aromatic N) is 1. The summed E-state index contributed by atoms with van der Waals surface area (Å²) >= 11 is 0. The first kappa shape index (κ1) is 14.0. The van der Waals surface area contributed by atoms with Crippen LogP contribution in [-0.4, -0.2) is 29.7 Å². The van der Waals surface area contributed by atoms with Crippen LogP contribution in [0.4, 0.5) is 0 Å². The number of piperidine rings is 1. The molecule has 0 spiro atoms. The van der Waals surface area contributed by atoms with E-state index in [9.17, 15) is 4.79 Å². The minimum atomic E-state index is -0.167. The zero-order chi connectivity index (χ0) is 11.5. The molecular weight excluding hydrogens is 242 g/mol. The first-order chi connectivity index (χ1) is 7.65. The molecule has 6 heteroatoms. The standard InChI is InChI=1S/C11H17N3O2.ClH/c1-7-5-9(3-4-12-7)13-11(15)10-6-8(2)14-16-10;/h6-7,9,12H,3-5H2,1-2H3,(H,13,15);1H. The van der Waals surface area contributed by atoms with Crippen molar-refractivity contribution in [3.63, 3.8) is 0 Å². The molecule has 1 amide bonds. The van der Waals surface area contributed by atoms with E-state index >= 15 is 0 Å². The molecule has 1 aliphatic rings. The Bertz CT molecular complexity index is 381. The Labute approximate surface area is 107 Å². The molecule has 0 radical (unpaired) electrons. The van der Waals surface area contributed by atoms with Crippen LogP contribution in [-0.2, 0) is 0 Å². The fraction of sp³-hybridized carbons (Fsp3) is 0.636. The van der Waals surface area contributed by atoms with Crippen LogP contribution in [0.2, 0.25) is 0 Å². The Balaban J connectivity index is 0.00000144. The lowest BCUT2D eigenvalue weighted by Crippen LogP contribution is -2.46. The number of aryl methyl sites for hydroxylation is 1. The van der Waals surface area contributed by atoms with Gasteiger partial charge in [-0.3, -0.25) is 4.79 Å². The van der Waals surface area contributed by atoms with Gasteiger partial charge in [0.1, 0.15) is 0 Å². The van der Waals surface area contributed by atoms with Gasteiger partial charge in [0.2, 0.25) is 5.76 Å². The molecule has 2 rings (SSSR count). The lowest BCUT2D eigenvalue weighted by Gasteiger charge is -2.28. The molecule has 1 aromatic rings. The monoisotopic (exact) mass is 259 g/mol. The zero-order valence-corrected chi connectivity index (χ0v) is 10.8. The van der Waals surface area contributed by atoms with Crippen molar-refractivity contribution < 1.29 is 9.32 Å². The average molecular weight is 260 g/mol. The summed E-state index contributed by atoms with van der Waals surface area (Å²) in [5, 5.41) is 10.0. The number of nitrogens with one attached hydrogen (secondary N) is 2. The molecule has 0 aromatic carbocycles. The summed E-state index contributed by atoms with van der Waals surface area (Å²) in [6.45, 7) is 4.87. The van der Waals surface area contributed by atoms with Crippen LogP contribution >= 0.6 is 12.4 Å². The molecule has 2 unspecified atom stereocenters. The van der Waals surface area contributed by atoms with Gasteiger partial charge in [0.15, 0.2) is 0 Å². The van der Waals surface area contributed by atoms with Gasteiger partial charge in [-0.05, 0) is 33.2 Å². The molecular formula is C11H18ClN3O2. The number of carbonyl (C=O) groups excluding carboxylic acids is 1. The highest BCUT2D eigenvalue weighted by atomic mass is 35.5. The van der Waals surface area contributed by atoms with Crippen molar-refractivity contribution in [1.82, 2.24) is 15.8 Å². The lowest BCUT2D eigenvalue weighted by atomic mass is 10.0. The molecule has 1 aliphatic heterocycles. The van der Waals surface area contributed by atoms with E-state index in [2.05, 4.69) is 22.7 Å². The van der Waals surface area contributed by atoms with Crippen LogP contribution in [0.15, 0.2) is 10.6 Å². The molecule has 1 saturated heterocycles. The predicted molar refractivity (Wildman–Crippen MR) is 66.4 cm³/mol. The SMILES string of the molecule is Cc1cc(C(=O)NC2CCNC(C)C2)on1.Cl. The normalized spacial score (nSPS) is 23.9. The van der Waals surface area contributed by atoms with Crippen molar-refractivity contribution in [2.45, 2.75) is 38.8 Å². The molecule has 1 fully saturated rings.